The van der Waals surface area contributed by atoms with Crippen LogP contribution in [0.5, 0.6) is 5.75 Å². The van der Waals surface area contributed by atoms with Crippen molar-refractivity contribution in [2.24, 2.45) is 0 Å². The maximum atomic E-state index is 13.0. The van der Waals surface area contributed by atoms with Crippen molar-refractivity contribution in [1.82, 2.24) is 20.2 Å². The van der Waals surface area contributed by atoms with Gasteiger partial charge in [0.05, 0.1) is 30.2 Å². The molecule has 3 aromatic rings. The predicted octanol–water partition coefficient (Wildman–Crippen LogP) is 3.97. The summed E-state index contributed by atoms with van der Waals surface area (Å²) in [4.78, 5) is 32.7. The summed E-state index contributed by atoms with van der Waals surface area (Å²) >= 11 is 1.25. The minimum absolute atomic E-state index is 0.132. The molecule has 0 amide bonds. The van der Waals surface area contributed by atoms with Crippen molar-refractivity contribution in [3.8, 4) is 17.1 Å². The molecule has 0 saturated heterocycles. The van der Waals surface area contributed by atoms with Crippen molar-refractivity contribution < 1.29 is 19.1 Å². The number of methoxy groups -OCH3 is 1. The van der Waals surface area contributed by atoms with Crippen LogP contribution in [-0.4, -0.2) is 50.9 Å². The highest BCUT2D eigenvalue weighted by molar-refractivity contribution is 8.00. The summed E-state index contributed by atoms with van der Waals surface area (Å²) in [6, 6.07) is 7.44. The number of hydrogen-bond acceptors (Lipinski definition) is 7. The Kier molecular flexibility index (Phi) is 6.61. The number of nitrogens with one attached hydrogen (secondary N) is 2. The lowest BCUT2D eigenvalue weighted by molar-refractivity contribution is 0.0525. The number of carbonyl (C=O) groups is 2. The molecule has 1 atom stereocenters. The van der Waals surface area contributed by atoms with Gasteiger partial charge in [-0.15, -0.1) is 5.10 Å². The molecule has 2 heterocycles. The van der Waals surface area contributed by atoms with Crippen LogP contribution in [0.1, 0.15) is 46.0 Å². The molecule has 2 N–H and O–H groups in total. The van der Waals surface area contributed by atoms with E-state index < -0.39 is 11.2 Å². The Morgan fingerprint density at radius 3 is 2.53 bits per heavy atom. The van der Waals surface area contributed by atoms with Gasteiger partial charge in [0, 0.05) is 11.3 Å². The van der Waals surface area contributed by atoms with Crippen LogP contribution >= 0.6 is 11.8 Å². The van der Waals surface area contributed by atoms with Gasteiger partial charge in [-0.25, -0.2) is 9.78 Å². The standard InChI is InChI=1S/C21H24N4O4S/c1-6-29-20(27)16-11(2)17(22-12(16)3)18(26)13(4)30-21-23-19(24-25-21)14-7-9-15(28-5)10-8-14/h7-10,13,22H,6H2,1-5H3,(H,23,24,25). The summed E-state index contributed by atoms with van der Waals surface area (Å²) in [7, 11) is 1.61. The number of aryl methyl sites for hydroxylation is 1. The second-order valence-corrected chi connectivity index (χ2v) is 7.97. The van der Waals surface area contributed by atoms with Gasteiger partial charge in [0.15, 0.2) is 11.6 Å². The molecule has 2 aromatic heterocycles. The molecule has 9 heteroatoms. The number of aromatic amines is 2. The zero-order valence-electron chi connectivity index (χ0n) is 17.5. The van der Waals surface area contributed by atoms with Crippen molar-refractivity contribution in [3.05, 3.63) is 46.8 Å². The lowest BCUT2D eigenvalue weighted by Gasteiger charge is -2.07. The highest BCUT2D eigenvalue weighted by Crippen LogP contribution is 2.28. The molecular formula is C21H24N4O4S. The van der Waals surface area contributed by atoms with Crippen molar-refractivity contribution in [1.29, 1.82) is 0 Å². The van der Waals surface area contributed by atoms with Crippen LogP contribution in [-0.2, 0) is 4.74 Å². The maximum Gasteiger partial charge on any atom is 0.340 e. The van der Waals surface area contributed by atoms with E-state index >= 15 is 0 Å². The highest BCUT2D eigenvalue weighted by atomic mass is 32.2. The van der Waals surface area contributed by atoms with Gasteiger partial charge in [-0.1, -0.05) is 11.8 Å². The number of benzene rings is 1. The smallest absolute Gasteiger partial charge is 0.340 e. The summed E-state index contributed by atoms with van der Waals surface area (Å²) in [5.41, 5.74) is 2.89. The zero-order valence-corrected chi connectivity index (χ0v) is 18.3. The number of esters is 1. The van der Waals surface area contributed by atoms with E-state index in [1.165, 1.54) is 11.8 Å². The second kappa shape index (κ2) is 9.17. The van der Waals surface area contributed by atoms with Crippen LogP contribution in [0.3, 0.4) is 0 Å². The number of H-pyrrole nitrogens is 2. The number of aromatic nitrogens is 4. The maximum absolute atomic E-state index is 13.0. The van der Waals surface area contributed by atoms with Gasteiger partial charge in [0.1, 0.15) is 5.75 Å². The first-order chi connectivity index (χ1) is 14.3. The first kappa shape index (κ1) is 21.6. The summed E-state index contributed by atoms with van der Waals surface area (Å²) in [6.45, 7) is 7.31. The number of ketones is 1. The minimum atomic E-state index is -0.448. The number of ether oxygens (including phenoxy) is 2. The fraction of sp³-hybridized carbons (Fsp3) is 0.333. The predicted molar refractivity (Wildman–Crippen MR) is 114 cm³/mol. The Bertz CT molecular complexity index is 1060. The zero-order chi connectivity index (χ0) is 21.8. The van der Waals surface area contributed by atoms with E-state index in [1.54, 1.807) is 34.8 Å². The molecule has 0 bridgehead atoms. The van der Waals surface area contributed by atoms with Crippen molar-refractivity contribution >= 4 is 23.5 Å². The normalized spacial score (nSPS) is 11.9. The largest absolute Gasteiger partial charge is 0.497 e. The van der Waals surface area contributed by atoms with E-state index in [9.17, 15) is 9.59 Å². The van der Waals surface area contributed by atoms with Gasteiger partial charge in [-0.3, -0.25) is 9.89 Å². The molecule has 30 heavy (non-hydrogen) atoms. The van der Waals surface area contributed by atoms with Gasteiger partial charge in [-0.05, 0) is 57.5 Å². The summed E-state index contributed by atoms with van der Waals surface area (Å²) < 4.78 is 10.3. The second-order valence-electron chi connectivity index (χ2n) is 6.66. The molecular weight excluding hydrogens is 404 g/mol. The fourth-order valence-corrected chi connectivity index (χ4v) is 3.88. The lowest BCUT2D eigenvalue weighted by Crippen LogP contribution is -2.16. The summed E-state index contributed by atoms with van der Waals surface area (Å²) in [5.74, 6) is 0.801. The van der Waals surface area contributed by atoms with Crippen LogP contribution in [0.2, 0.25) is 0 Å². The SMILES string of the molecule is CCOC(=O)c1c(C)[nH]c(C(=O)C(C)Sc2n[nH]c(-c3ccc(OC)cc3)n2)c1C. The Hall–Kier alpha value is -3.07. The van der Waals surface area contributed by atoms with E-state index in [4.69, 9.17) is 9.47 Å². The molecule has 0 saturated carbocycles. The fourth-order valence-electron chi connectivity index (χ4n) is 3.10. The number of carbonyl (C=O) groups excluding carboxylic acids is 2. The molecule has 8 nitrogen and oxygen atoms in total. The van der Waals surface area contributed by atoms with Gasteiger partial charge in [0.25, 0.3) is 0 Å². The van der Waals surface area contributed by atoms with Crippen LogP contribution in [0.4, 0.5) is 0 Å². The molecule has 1 aromatic carbocycles. The average Bonchev–Trinajstić information content (AvgIpc) is 3.31. The third kappa shape index (κ3) is 4.40. The van der Waals surface area contributed by atoms with E-state index in [0.717, 1.165) is 11.3 Å². The van der Waals surface area contributed by atoms with E-state index in [1.807, 2.05) is 24.3 Å². The number of thioether (sulfide) groups is 1. The summed E-state index contributed by atoms with van der Waals surface area (Å²) in [5, 5.41) is 7.12. The van der Waals surface area contributed by atoms with Crippen molar-refractivity contribution in [3.63, 3.8) is 0 Å². The van der Waals surface area contributed by atoms with Gasteiger partial charge < -0.3 is 14.5 Å². The molecule has 0 radical (unpaired) electrons. The monoisotopic (exact) mass is 428 g/mol. The Morgan fingerprint density at radius 2 is 1.90 bits per heavy atom. The number of Topliss-reactive ketones (excluding diaryl/α,β-unsaturated/α-hetero) is 1. The topological polar surface area (TPSA) is 110 Å². The number of rotatable bonds is 8. The summed E-state index contributed by atoms with van der Waals surface area (Å²) in [6.07, 6.45) is 0. The first-order valence-electron chi connectivity index (χ1n) is 9.49. The molecule has 0 aliphatic carbocycles. The quantitative estimate of drug-likeness (QED) is 0.317. The minimum Gasteiger partial charge on any atom is -0.497 e. The third-order valence-electron chi connectivity index (χ3n) is 4.64. The Morgan fingerprint density at radius 1 is 1.20 bits per heavy atom. The van der Waals surface area contributed by atoms with Crippen molar-refractivity contribution in [2.45, 2.75) is 38.1 Å². The molecule has 1 unspecified atom stereocenters. The Labute approximate surface area is 178 Å². The van der Waals surface area contributed by atoms with Gasteiger partial charge in [-0.2, -0.15) is 0 Å². The molecule has 0 aliphatic rings. The average molecular weight is 429 g/mol. The van der Waals surface area contributed by atoms with E-state index in [-0.39, 0.29) is 12.4 Å². The van der Waals surface area contributed by atoms with Crippen LogP contribution < -0.4 is 4.74 Å². The molecule has 0 fully saturated rings. The van der Waals surface area contributed by atoms with Crippen LogP contribution in [0.25, 0.3) is 11.4 Å². The molecule has 158 valence electrons. The van der Waals surface area contributed by atoms with Crippen molar-refractivity contribution in [2.75, 3.05) is 13.7 Å². The van der Waals surface area contributed by atoms with E-state index in [2.05, 4.69) is 20.2 Å². The van der Waals surface area contributed by atoms with Gasteiger partial charge in [0.2, 0.25) is 5.16 Å². The van der Waals surface area contributed by atoms with E-state index in [0.29, 0.717) is 33.5 Å². The lowest BCUT2D eigenvalue weighted by atomic mass is 10.1. The highest BCUT2D eigenvalue weighted by Gasteiger charge is 2.27. The third-order valence-corrected chi connectivity index (χ3v) is 5.60. The molecule has 0 spiro atoms. The Balaban J connectivity index is 1.74. The molecule has 3 rings (SSSR count). The molecule has 0 aliphatic heterocycles. The number of hydrogen-bond donors (Lipinski definition) is 2. The van der Waals surface area contributed by atoms with Gasteiger partial charge >= 0.3 is 5.97 Å². The van der Waals surface area contributed by atoms with Crippen LogP contribution in [0, 0.1) is 13.8 Å². The van der Waals surface area contributed by atoms with Crippen LogP contribution in [0.15, 0.2) is 29.4 Å². The number of nitrogens with zero attached hydrogens (tertiary/aromatic N) is 2. The first-order valence-corrected chi connectivity index (χ1v) is 10.4.